The van der Waals surface area contributed by atoms with Crippen molar-refractivity contribution in [3.63, 3.8) is 0 Å². The highest BCUT2D eigenvalue weighted by atomic mass is 35.5. The predicted molar refractivity (Wildman–Crippen MR) is 123 cm³/mol. The molecule has 1 atom stereocenters. The Kier molecular flexibility index (Phi) is 7.70. The van der Waals surface area contributed by atoms with E-state index < -0.39 is 16.9 Å². The summed E-state index contributed by atoms with van der Waals surface area (Å²) in [6.07, 6.45) is -0.607. The Morgan fingerprint density at radius 3 is 2.77 bits per heavy atom. The lowest BCUT2D eigenvalue weighted by Crippen LogP contribution is -2.56. The molecule has 30 heavy (non-hydrogen) atoms. The number of morpholine rings is 1. The molecule has 11 heteroatoms. The molecule has 0 bridgehead atoms. The first-order valence-electron chi connectivity index (χ1n) is 9.65. The number of thioether (sulfide) groups is 1. The average Bonchev–Trinajstić information content (AvgIpc) is 2.94. The Bertz CT molecular complexity index is 792. The third-order valence-electron chi connectivity index (χ3n) is 5.11. The number of benzene rings is 1. The topological polar surface area (TPSA) is 77.5 Å². The number of amides is 2. The lowest BCUT2D eigenvalue weighted by atomic mass is 10.1. The summed E-state index contributed by atoms with van der Waals surface area (Å²) in [4.78, 5) is 17.0. The maximum atomic E-state index is 12.8. The zero-order chi connectivity index (χ0) is 21.9. The van der Waals surface area contributed by atoms with Gasteiger partial charge in [-0.3, -0.25) is 10.1 Å². The van der Waals surface area contributed by atoms with Crippen LogP contribution in [0.5, 0.6) is 5.75 Å². The molecule has 2 aliphatic heterocycles. The van der Waals surface area contributed by atoms with Gasteiger partial charge in [-0.05, 0) is 32.0 Å². The maximum Gasteiger partial charge on any atom is 0.347 e. The first kappa shape index (κ1) is 23.4. The molecule has 0 unspecified atom stereocenters. The molecule has 3 rings (SSSR count). The van der Waals surface area contributed by atoms with Gasteiger partial charge in [0.05, 0.1) is 30.1 Å². The molecule has 0 saturated carbocycles. The highest BCUT2D eigenvalue weighted by molar-refractivity contribution is 8.24. The lowest BCUT2D eigenvalue weighted by molar-refractivity contribution is -0.115. The first-order valence-corrected chi connectivity index (χ1v) is 11.3. The van der Waals surface area contributed by atoms with Crippen LogP contribution < -0.4 is 10.1 Å². The van der Waals surface area contributed by atoms with Gasteiger partial charge in [0.25, 0.3) is 0 Å². The van der Waals surface area contributed by atoms with Crippen LogP contribution in [0.15, 0.2) is 18.2 Å². The summed E-state index contributed by atoms with van der Waals surface area (Å²) in [7, 11) is 1.52. The Labute approximate surface area is 191 Å². The number of urea groups is 1. The standard InChI is InChI=1S/C19H27ClN4O4S2/c1-19(2)16(23(18(29)30-19)7-6-22-8-10-28-11-9-22)24(26)17(25)21-13-4-5-15(27-3)14(20)12-13/h4-5,12,16,26H,6-11H2,1-3H3,(H,21,25)/t16-/m1/s1. The van der Waals surface area contributed by atoms with E-state index in [1.807, 2.05) is 18.7 Å². The summed E-state index contributed by atoms with van der Waals surface area (Å²) in [5.74, 6) is 0.503. The van der Waals surface area contributed by atoms with Crippen molar-refractivity contribution >= 4 is 51.6 Å². The van der Waals surface area contributed by atoms with Crippen LogP contribution in [0.3, 0.4) is 0 Å². The van der Waals surface area contributed by atoms with Gasteiger partial charge in [-0.25, -0.2) is 4.79 Å². The summed E-state index contributed by atoms with van der Waals surface area (Å²) in [5.41, 5.74) is 0.454. The molecule has 2 amide bonds. The maximum absolute atomic E-state index is 12.8. The van der Waals surface area contributed by atoms with Crippen molar-refractivity contribution in [2.45, 2.75) is 24.8 Å². The van der Waals surface area contributed by atoms with Crippen molar-refractivity contribution in [2.24, 2.45) is 0 Å². The number of thiocarbonyl (C=S) groups is 1. The summed E-state index contributed by atoms with van der Waals surface area (Å²) >= 11 is 13.2. The van der Waals surface area contributed by atoms with E-state index in [-0.39, 0.29) is 0 Å². The van der Waals surface area contributed by atoms with E-state index in [9.17, 15) is 10.0 Å². The van der Waals surface area contributed by atoms with Crippen molar-refractivity contribution in [1.82, 2.24) is 14.9 Å². The van der Waals surface area contributed by atoms with Crippen LogP contribution in [-0.2, 0) is 4.74 Å². The number of halogens is 1. The number of carbonyl (C=O) groups excluding carboxylic acids is 1. The molecule has 2 heterocycles. The second kappa shape index (κ2) is 9.88. The molecule has 0 spiro atoms. The fourth-order valence-electron chi connectivity index (χ4n) is 3.56. The Hall–Kier alpha value is -1.30. The number of rotatable bonds is 6. The van der Waals surface area contributed by atoms with Crippen LogP contribution in [0.4, 0.5) is 10.5 Å². The van der Waals surface area contributed by atoms with Crippen LogP contribution in [0.2, 0.25) is 5.02 Å². The van der Waals surface area contributed by atoms with Gasteiger partial charge in [0.2, 0.25) is 0 Å². The summed E-state index contributed by atoms with van der Waals surface area (Å²) in [5, 5.41) is 14.6. The number of carbonyl (C=O) groups is 1. The number of ether oxygens (including phenoxy) is 2. The highest BCUT2D eigenvalue weighted by Crippen LogP contribution is 2.42. The predicted octanol–water partition coefficient (Wildman–Crippen LogP) is 3.34. The Morgan fingerprint density at radius 1 is 1.43 bits per heavy atom. The summed E-state index contributed by atoms with van der Waals surface area (Å²) < 4.78 is 10.7. The average molecular weight is 475 g/mol. The van der Waals surface area contributed by atoms with Crippen molar-refractivity contribution in [2.75, 3.05) is 51.8 Å². The fraction of sp³-hybridized carbons (Fsp3) is 0.579. The fourth-order valence-corrected chi connectivity index (χ4v) is 5.75. The molecular weight excluding hydrogens is 448 g/mol. The molecule has 166 valence electrons. The van der Waals surface area contributed by atoms with Crippen molar-refractivity contribution in [3.05, 3.63) is 23.2 Å². The van der Waals surface area contributed by atoms with E-state index in [4.69, 9.17) is 33.3 Å². The second-order valence-electron chi connectivity index (χ2n) is 7.62. The van der Waals surface area contributed by atoms with Crippen molar-refractivity contribution in [1.29, 1.82) is 0 Å². The monoisotopic (exact) mass is 474 g/mol. The second-order valence-corrected chi connectivity index (χ2v) is 10.3. The van der Waals surface area contributed by atoms with E-state index >= 15 is 0 Å². The number of nitrogens with zero attached hydrogens (tertiary/aromatic N) is 3. The molecule has 2 aliphatic rings. The van der Waals surface area contributed by atoms with E-state index in [0.29, 0.717) is 40.5 Å². The first-order chi connectivity index (χ1) is 14.2. The number of methoxy groups -OCH3 is 1. The van der Waals surface area contributed by atoms with Crippen LogP contribution in [0.1, 0.15) is 13.8 Å². The summed E-state index contributed by atoms with van der Waals surface area (Å²) in [6, 6.07) is 4.22. The minimum absolute atomic E-state index is 0.366. The zero-order valence-corrected chi connectivity index (χ0v) is 19.6. The minimum Gasteiger partial charge on any atom is -0.495 e. The van der Waals surface area contributed by atoms with E-state index in [1.165, 1.54) is 18.9 Å². The van der Waals surface area contributed by atoms with Gasteiger partial charge in [-0.1, -0.05) is 35.6 Å². The molecule has 1 aromatic rings. The molecular formula is C19H27ClN4O4S2. The quantitative estimate of drug-likeness (QED) is 0.369. The van der Waals surface area contributed by atoms with Gasteiger partial charge in [-0.2, -0.15) is 5.06 Å². The molecule has 1 aromatic carbocycles. The minimum atomic E-state index is -0.656. The highest BCUT2D eigenvalue weighted by Gasteiger charge is 2.49. The Morgan fingerprint density at radius 2 is 2.13 bits per heavy atom. The Balaban J connectivity index is 1.69. The van der Waals surface area contributed by atoms with Gasteiger partial charge >= 0.3 is 6.03 Å². The third kappa shape index (κ3) is 5.30. The molecule has 2 N–H and O–H groups in total. The van der Waals surface area contributed by atoms with E-state index in [0.717, 1.165) is 24.7 Å². The van der Waals surface area contributed by atoms with Crippen molar-refractivity contribution in [3.8, 4) is 5.75 Å². The number of hydroxylamine groups is 2. The van der Waals surface area contributed by atoms with E-state index in [2.05, 4.69) is 10.2 Å². The molecule has 0 aliphatic carbocycles. The number of nitrogens with one attached hydrogen (secondary N) is 1. The normalized spacial score (nSPS) is 21.6. The van der Waals surface area contributed by atoms with Crippen LogP contribution in [-0.4, -0.2) is 87.8 Å². The van der Waals surface area contributed by atoms with E-state index in [1.54, 1.807) is 18.2 Å². The van der Waals surface area contributed by atoms with Gasteiger partial charge < -0.3 is 19.7 Å². The third-order valence-corrected chi connectivity index (χ3v) is 7.03. The number of anilines is 1. The lowest BCUT2D eigenvalue weighted by Gasteiger charge is -2.38. The van der Waals surface area contributed by atoms with Gasteiger partial charge in [0.15, 0.2) is 0 Å². The SMILES string of the molecule is COc1ccc(NC(=O)N(O)[C@H]2N(CCN3CCOCC3)C(=S)SC2(C)C)cc1Cl. The van der Waals surface area contributed by atoms with Crippen LogP contribution in [0.25, 0.3) is 0 Å². The molecule has 0 aromatic heterocycles. The van der Waals surface area contributed by atoms with Crippen LogP contribution >= 0.6 is 35.6 Å². The largest absolute Gasteiger partial charge is 0.495 e. The number of hydrogen-bond donors (Lipinski definition) is 2. The van der Waals surface area contributed by atoms with Crippen LogP contribution in [0, 0.1) is 0 Å². The zero-order valence-electron chi connectivity index (χ0n) is 17.3. The molecule has 2 saturated heterocycles. The van der Waals surface area contributed by atoms with Crippen molar-refractivity contribution < 1.29 is 19.5 Å². The van der Waals surface area contributed by atoms with Gasteiger partial charge in [0, 0.05) is 31.9 Å². The van der Waals surface area contributed by atoms with Gasteiger partial charge in [-0.15, -0.1) is 0 Å². The molecule has 0 radical (unpaired) electrons. The molecule has 8 nitrogen and oxygen atoms in total. The smallest absolute Gasteiger partial charge is 0.347 e. The summed E-state index contributed by atoms with van der Waals surface area (Å²) in [6.45, 7) is 8.47. The number of hydrogen-bond acceptors (Lipinski definition) is 7. The van der Waals surface area contributed by atoms with Gasteiger partial charge in [0.1, 0.15) is 16.2 Å². The molecule has 2 fully saturated rings.